The van der Waals surface area contributed by atoms with E-state index in [0.29, 0.717) is 0 Å². The Balaban J connectivity index is 1.63. The molecule has 20 heavy (non-hydrogen) atoms. The van der Waals surface area contributed by atoms with Crippen LogP contribution in [0, 0.1) is 0 Å². The van der Waals surface area contributed by atoms with Crippen LogP contribution in [0.3, 0.4) is 0 Å². The Morgan fingerprint density at radius 1 is 1.20 bits per heavy atom. The molecule has 0 unspecified atom stereocenters. The standard InChI is InChI=1S/C14H20N6/c1-2-3-15-8-12-9-17-14(18-10-12)20-7-6-19-5-4-16-13(19)11-20/h4-5,9-10,15H,2-3,6-8,11H2,1H3. The zero-order valence-electron chi connectivity index (χ0n) is 11.8. The van der Waals surface area contributed by atoms with Crippen LogP contribution in [0.15, 0.2) is 24.8 Å². The third kappa shape index (κ3) is 2.80. The minimum absolute atomic E-state index is 0.778. The van der Waals surface area contributed by atoms with Crippen molar-refractivity contribution in [1.29, 1.82) is 0 Å². The molecule has 3 heterocycles. The molecule has 1 aliphatic rings. The van der Waals surface area contributed by atoms with E-state index in [1.54, 1.807) is 0 Å². The lowest BCUT2D eigenvalue weighted by Crippen LogP contribution is -2.34. The predicted octanol–water partition coefficient (Wildman–Crippen LogP) is 1.19. The molecule has 0 amide bonds. The van der Waals surface area contributed by atoms with E-state index in [4.69, 9.17) is 0 Å². The smallest absolute Gasteiger partial charge is 0.225 e. The van der Waals surface area contributed by atoms with Crippen molar-refractivity contribution in [1.82, 2.24) is 24.8 Å². The maximum absolute atomic E-state index is 4.48. The summed E-state index contributed by atoms with van der Waals surface area (Å²) in [5.74, 6) is 1.87. The SMILES string of the molecule is CCCNCc1cnc(N2CCn3ccnc3C2)nc1. The van der Waals surface area contributed by atoms with Crippen LogP contribution >= 0.6 is 0 Å². The monoisotopic (exact) mass is 272 g/mol. The van der Waals surface area contributed by atoms with Crippen molar-refractivity contribution >= 4 is 5.95 Å². The van der Waals surface area contributed by atoms with E-state index in [2.05, 4.69) is 36.7 Å². The minimum Gasteiger partial charge on any atom is -0.332 e. The van der Waals surface area contributed by atoms with Gasteiger partial charge >= 0.3 is 0 Å². The van der Waals surface area contributed by atoms with Crippen molar-refractivity contribution < 1.29 is 0 Å². The number of rotatable bonds is 5. The average Bonchev–Trinajstić information content (AvgIpc) is 2.96. The van der Waals surface area contributed by atoms with Crippen molar-refractivity contribution in [2.45, 2.75) is 33.0 Å². The lowest BCUT2D eigenvalue weighted by atomic mass is 10.3. The molecule has 0 saturated heterocycles. The molecular formula is C14H20N6. The molecule has 1 aliphatic heterocycles. The summed E-state index contributed by atoms with van der Waals surface area (Å²) >= 11 is 0. The molecule has 0 atom stereocenters. The Kier molecular flexibility index (Phi) is 3.92. The summed E-state index contributed by atoms with van der Waals surface area (Å²) in [4.78, 5) is 15.5. The summed E-state index contributed by atoms with van der Waals surface area (Å²) in [6.45, 7) is 6.66. The first-order valence-electron chi connectivity index (χ1n) is 7.13. The van der Waals surface area contributed by atoms with Gasteiger partial charge in [-0.1, -0.05) is 6.92 Å². The number of imidazole rings is 1. The van der Waals surface area contributed by atoms with Crippen LogP contribution in [0.1, 0.15) is 24.7 Å². The van der Waals surface area contributed by atoms with Crippen LogP contribution in [-0.2, 0) is 19.6 Å². The van der Waals surface area contributed by atoms with E-state index in [1.807, 2.05) is 24.8 Å². The van der Waals surface area contributed by atoms with E-state index in [1.165, 1.54) is 0 Å². The van der Waals surface area contributed by atoms with E-state index in [0.717, 1.165) is 56.5 Å². The van der Waals surface area contributed by atoms with Gasteiger partial charge in [0.05, 0.1) is 6.54 Å². The lowest BCUT2D eigenvalue weighted by molar-refractivity contribution is 0.551. The highest BCUT2D eigenvalue weighted by atomic mass is 15.3. The molecule has 0 aromatic carbocycles. The lowest BCUT2D eigenvalue weighted by Gasteiger charge is -2.27. The topological polar surface area (TPSA) is 58.9 Å². The second-order valence-corrected chi connectivity index (χ2v) is 5.03. The molecule has 0 aliphatic carbocycles. The summed E-state index contributed by atoms with van der Waals surface area (Å²) in [6, 6.07) is 0. The summed E-state index contributed by atoms with van der Waals surface area (Å²) < 4.78 is 2.18. The van der Waals surface area contributed by atoms with Gasteiger partial charge in [0.1, 0.15) is 5.82 Å². The largest absolute Gasteiger partial charge is 0.332 e. The molecule has 1 N–H and O–H groups in total. The molecular weight excluding hydrogens is 252 g/mol. The maximum Gasteiger partial charge on any atom is 0.225 e. The van der Waals surface area contributed by atoms with Crippen LogP contribution < -0.4 is 10.2 Å². The summed E-state index contributed by atoms with van der Waals surface area (Å²) in [7, 11) is 0. The Hall–Kier alpha value is -1.95. The van der Waals surface area contributed by atoms with Crippen molar-refractivity contribution in [3.8, 4) is 0 Å². The fourth-order valence-electron chi connectivity index (χ4n) is 2.36. The number of hydrogen-bond donors (Lipinski definition) is 1. The Morgan fingerprint density at radius 2 is 2.05 bits per heavy atom. The van der Waals surface area contributed by atoms with Crippen LogP contribution in [-0.4, -0.2) is 32.6 Å². The molecule has 3 rings (SSSR count). The number of nitrogens with zero attached hydrogens (tertiary/aromatic N) is 5. The highest BCUT2D eigenvalue weighted by Crippen LogP contribution is 2.15. The van der Waals surface area contributed by atoms with Crippen molar-refractivity contribution in [3.05, 3.63) is 36.2 Å². The normalized spacial score (nSPS) is 14.3. The Morgan fingerprint density at radius 3 is 2.85 bits per heavy atom. The number of nitrogens with one attached hydrogen (secondary N) is 1. The van der Waals surface area contributed by atoms with E-state index < -0.39 is 0 Å². The van der Waals surface area contributed by atoms with Crippen LogP contribution in [0.4, 0.5) is 5.95 Å². The average molecular weight is 272 g/mol. The van der Waals surface area contributed by atoms with Gasteiger partial charge in [-0.2, -0.15) is 0 Å². The van der Waals surface area contributed by atoms with Gasteiger partial charge in [0.25, 0.3) is 0 Å². The highest BCUT2D eigenvalue weighted by molar-refractivity contribution is 5.31. The summed E-state index contributed by atoms with van der Waals surface area (Å²) in [6.07, 6.45) is 8.83. The molecule has 0 saturated carbocycles. The highest BCUT2D eigenvalue weighted by Gasteiger charge is 2.18. The van der Waals surface area contributed by atoms with Gasteiger partial charge in [-0.15, -0.1) is 0 Å². The molecule has 2 aromatic rings. The summed E-state index contributed by atoms with van der Waals surface area (Å²) in [5, 5.41) is 3.35. The first kappa shape index (κ1) is 13.1. The van der Waals surface area contributed by atoms with Crippen molar-refractivity contribution in [2.75, 3.05) is 18.0 Å². The molecule has 6 heteroatoms. The first-order chi connectivity index (χ1) is 9.86. The molecule has 6 nitrogen and oxygen atoms in total. The minimum atomic E-state index is 0.778. The zero-order valence-corrected chi connectivity index (χ0v) is 11.8. The van der Waals surface area contributed by atoms with Gasteiger partial charge in [-0.05, 0) is 13.0 Å². The van der Waals surface area contributed by atoms with Crippen LogP contribution in [0.5, 0.6) is 0 Å². The summed E-state index contributed by atoms with van der Waals surface area (Å²) in [5.41, 5.74) is 1.13. The number of fused-ring (bicyclic) bond motifs is 1. The number of anilines is 1. The Bertz CT molecular complexity index is 547. The zero-order chi connectivity index (χ0) is 13.8. The number of hydrogen-bond acceptors (Lipinski definition) is 5. The van der Waals surface area contributed by atoms with E-state index in [-0.39, 0.29) is 0 Å². The van der Waals surface area contributed by atoms with Gasteiger partial charge in [0, 0.05) is 50.0 Å². The van der Waals surface area contributed by atoms with Crippen LogP contribution in [0.2, 0.25) is 0 Å². The second kappa shape index (κ2) is 6.00. The quantitative estimate of drug-likeness (QED) is 0.829. The number of aromatic nitrogens is 4. The van der Waals surface area contributed by atoms with Gasteiger partial charge in [0.2, 0.25) is 5.95 Å². The molecule has 106 valence electrons. The second-order valence-electron chi connectivity index (χ2n) is 5.03. The van der Waals surface area contributed by atoms with Gasteiger partial charge in [-0.25, -0.2) is 15.0 Å². The van der Waals surface area contributed by atoms with Gasteiger partial charge in [0.15, 0.2) is 0 Å². The third-order valence-electron chi connectivity index (χ3n) is 3.48. The maximum atomic E-state index is 4.48. The van der Waals surface area contributed by atoms with Gasteiger partial charge < -0.3 is 14.8 Å². The molecule has 0 fully saturated rings. The Labute approximate surface area is 118 Å². The molecule has 0 spiro atoms. The fourth-order valence-corrected chi connectivity index (χ4v) is 2.36. The fraction of sp³-hybridized carbons (Fsp3) is 0.500. The first-order valence-corrected chi connectivity index (χ1v) is 7.13. The van der Waals surface area contributed by atoms with Crippen molar-refractivity contribution in [3.63, 3.8) is 0 Å². The predicted molar refractivity (Wildman–Crippen MR) is 77.3 cm³/mol. The molecule has 2 aromatic heterocycles. The molecule has 0 radical (unpaired) electrons. The van der Waals surface area contributed by atoms with E-state index in [9.17, 15) is 0 Å². The third-order valence-corrected chi connectivity index (χ3v) is 3.48. The van der Waals surface area contributed by atoms with E-state index >= 15 is 0 Å². The van der Waals surface area contributed by atoms with Gasteiger partial charge in [-0.3, -0.25) is 0 Å². The molecule has 0 bridgehead atoms. The van der Waals surface area contributed by atoms with Crippen LogP contribution in [0.25, 0.3) is 0 Å². The van der Waals surface area contributed by atoms with Crippen molar-refractivity contribution in [2.24, 2.45) is 0 Å².